The van der Waals surface area contributed by atoms with Crippen molar-refractivity contribution in [2.45, 2.75) is 289 Å². The van der Waals surface area contributed by atoms with Crippen molar-refractivity contribution >= 4 is 23.9 Å². The van der Waals surface area contributed by atoms with Crippen molar-refractivity contribution in [3.8, 4) is 0 Å². The van der Waals surface area contributed by atoms with Crippen LogP contribution in [-0.2, 0) is 42.9 Å². The lowest BCUT2D eigenvalue weighted by Gasteiger charge is -2.40. The van der Waals surface area contributed by atoms with Gasteiger partial charge in [-0.25, -0.2) is 4.79 Å². The molecule has 1 aliphatic heterocycles. The fourth-order valence-electron chi connectivity index (χ4n) is 8.90. The molecule has 3 N–H and O–H groups in total. The van der Waals surface area contributed by atoms with Crippen molar-refractivity contribution in [1.82, 2.24) is 0 Å². The molecule has 0 aliphatic carbocycles. The van der Waals surface area contributed by atoms with Gasteiger partial charge in [0.1, 0.15) is 18.8 Å². The van der Waals surface area contributed by atoms with Crippen LogP contribution in [0.25, 0.3) is 0 Å². The fourth-order valence-corrected chi connectivity index (χ4v) is 8.90. The van der Waals surface area contributed by atoms with E-state index in [4.69, 9.17) is 23.7 Å². The molecule has 79 heavy (non-hydrogen) atoms. The highest BCUT2D eigenvalue weighted by Gasteiger charge is 2.50. The number of hydrogen-bond donors (Lipinski definition) is 3. The highest BCUT2D eigenvalue weighted by molar-refractivity contribution is 5.74. The van der Waals surface area contributed by atoms with E-state index in [-0.39, 0.29) is 25.9 Å². The van der Waals surface area contributed by atoms with Crippen molar-refractivity contribution in [2.24, 2.45) is 0 Å². The molecule has 12 nitrogen and oxygen atoms in total. The molecule has 1 saturated heterocycles. The van der Waals surface area contributed by atoms with E-state index < -0.39 is 67.3 Å². The van der Waals surface area contributed by atoms with E-state index in [1.807, 2.05) is 0 Å². The van der Waals surface area contributed by atoms with Gasteiger partial charge in [0, 0.05) is 19.3 Å². The quantitative estimate of drug-likeness (QED) is 0.0228. The minimum Gasteiger partial charge on any atom is -0.479 e. The number of rotatable bonds is 52. The topological polar surface area (TPSA) is 175 Å². The third-order valence-corrected chi connectivity index (χ3v) is 13.6. The van der Waals surface area contributed by atoms with Crippen molar-refractivity contribution < 1.29 is 58.2 Å². The maximum atomic E-state index is 13.2. The Morgan fingerprint density at radius 3 is 1.22 bits per heavy atom. The predicted octanol–water partition coefficient (Wildman–Crippen LogP) is 16.5. The summed E-state index contributed by atoms with van der Waals surface area (Å²) < 4.78 is 28.5. The van der Waals surface area contributed by atoms with Gasteiger partial charge in [-0.3, -0.25) is 14.4 Å². The van der Waals surface area contributed by atoms with Crippen molar-refractivity contribution in [3.05, 3.63) is 97.2 Å². The number of unbranched alkanes of at least 4 members (excludes halogenated alkanes) is 22. The van der Waals surface area contributed by atoms with Gasteiger partial charge in [0.2, 0.25) is 0 Å². The minimum atomic E-state index is -1.91. The van der Waals surface area contributed by atoms with Crippen LogP contribution in [0.5, 0.6) is 0 Å². The number of carbonyl (C=O) groups excluding carboxylic acids is 3. The summed E-state index contributed by atoms with van der Waals surface area (Å²) in [5.74, 6) is -3.16. The molecular weight excluding hydrogens is 997 g/mol. The Balaban J connectivity index is 2.69. The number of ether oxygens (including phenoxy) is 5. The molecule has 0 aromatic carbocycles. The first-order valence-electron chi connectivity index (χ1n) is 31.2. The summed E-state index contributed by atoms with van der Waals surface area (Å²) in [4.78, 5) is 51.3. The maximum absolute atomic E-state index is 13.2. The van der Waals surface area contributed by atoms with Gasteiger partial charge in [-0.05, 0) is 116 Å². The lowest BCUT2D eigenvalue weighted by molar-refractivity contribution is -0.301. The standard InChI is InChI=1S/C67H110O12/c1-4-7-10-13-16-19-22-25-28-30-33-35-38-41-44-47-50-53-59(68)75-56-58(77-60(69)54-51-48-45-42-39-36-32-27-24-21-18-15-12-9-6-3)57-76-67-65(63(72)62(71)64(79-67)66(73)74)78-61(70)55-52-49-46-43-40-37-34-31-29-26-23-20-17-14-11-8-5-2/h7-8,10-11,16-21,25-29,32,58,62-65,67,71-72H,4-6,9,12-15,22-24,30-31,33-57H2,1-3H3,(H,73,74)/b10-7-,11-8-,19-16-,20-17-,21-18-,28-25-,29-26-,32-27-. The summed E-state index contributed by atoms with van der Waals surface area (Å²) in [7, 11) is 0. The van der Waals surface area contributed by atoms with Crippen molar-refractivity contribution in [2.75, 3.05) is 13.2 Å². The molecule has 6 unspecified atom stereocenters. The molecule has 1 heterocycles. The van der Waals surface area contributed by atoms with Gasteiger partial charge in [-0.2, -0.15) is 0 Å². The Hall–Kier alpha value is -4.36. The van der Waals surface area contributed by atoms with E-state index >= 15 is 0 Å². The van der Waals surface area contributed by atoms with Gasteiger partial charge < -0.3 is 39.0 Å². The molecule has 0 radical (unpaired) electrons. The molecule has 12 heteroatoms. The van der Waals surface area contributed by atoms with E-state index in [0.717, 1.165) is 167 Å². The summed E-state index contributed by atoms with van der Waals surface area (Å²) in [6.07, 6.45) is 59.3. The van der Waals surface area contributed by atoms with Crippen LogP contribution in [0.4, 0.5) is 0 Å². The van der Waals surface area contributed by atoms with E-state index in [2.05, 4.69) is 118 Å². The second-order valence-electron chi connectivity index (χ2n) is 20.9. The number of allylic oxidation sites excluding steroid dienone is 16. The largest absolute Gasteiger partial charge is 0.479 e. The molecular formula is C67H110O12. The van der Waals surface area contributed by atoms with Gasteiger partial charge >= 0.3 is 23.9 Å². The number of carboxylic acid groups (broad SMARTS) is 1. The van der Waals surface area contributed by atoms with Gasteiger partial charge in [-0.15, -0.1) is 0 Å². The summed E-state index contributed by atoms with van der Waals surface area (Å²) in [6, 6.07) is 0. The average molecular weight is 1110 g/mol. The average Bonchev–Trinajstić information content (AvgIpc) is 3.47. The molecule has 1 aliphatic rings. The number of esters is 3. The van der Waals surface area contributed by atoms with Crippen LogP contribution in [0, 0.1) is 0 Å². The zero-order valence-corrected chi connectivity index (χ0v) is 49.6. The molecule has 1 fully saturated rings. The Bertz CT molecular complexity index is 1740. The molecule has 0 bridgehead atoms. The monoisotopic (exact) mass is 1110 g/mol. The maximum Gasteiger partial charge on any atom is 0.335 e. The van der Waals surface area contributed by atoms with E-state index in [1.54, 1.807) is 0 Å². The molecule has 0 saturated carbocycles. The summed E-state index contributed by atoms with van der Waals surface area (Å²) in [5, 5.41) is 31.6. The van der Waals surface area contributed by atoms with Crippen LogP contribution in [0.2, 0.25) is 0 Å². The number of hydrogen-bond acceptors (Lipinski definition) is 11. The summed E-state index contributed by atoms with van der Waals surface area (Å²) in [6.45, 7) is 5.73. The Kier molecular flexibility index (Phi) is 49.9. The van der Waals surface area contributed by atoms with Crippen LogP contribution in [0.3, 0.4) is 0 Å². The molecule has 450 valence electrons. The third-order valence-electron chi connectivity index (χ3n) is 13.6. The van der Waals surface area contributed by atoms with E-state index in [0.29, 0.717) is 19.3 Å². The lowest BCUT2D eigenvalue weighted by atomic mass is 9.98. The Morgan fingerprint density at radius 2 is 0.797 bits per heavy atom. The van der Waals surface area contributed by atoms with Gasteiger partial charge in [0.15, 0.2) is 24.6 Å². The van der Waals surface area contributed by atoms with Gasteiger partial charge in [0.05, 0.1) is 6.61 Å². The number of aliphatic hydroxyl groups is 2. The highest BCUT2D eigenvalue weighted by atomic mass is 16.7. The number of aliphatic hydroxyl groups excluding tert-OH is 2. The van der Waals surface area contributed by atoms with Crippen LogP contribution >= 0.6 is 0 Å². The normalized spacial score (nSPS) is 18.5. The van der Waals surface area contributed by atoms with Crippen molar-refractivity contribution in [3.63, 3.8) is 0 Å². The van der Waals surface area contributed by atoms with Crippen LogP contribution < -0.4 is 0 Å². The molecule has 0 aromatic heterocycles. The second kappa shape index (κ2) is 54.2. The molecule has 6 atom stereocenters. The van der Waals surface area contributed by atoms with Crippen LogP contribution in [0.15, 0.2) is 97.2 Å². The fraction of sp³-hybridized carbons (Fsp3) is 0.701. The second-order valence-corrected chi connectivity index (χ2v) is 20.9. The molecule has 1 rings (SSSR count). The van der Waals surface area contributed by atoms with Gasteiger partial charge in [0.25, 0.3) is 0 Å². The van der Waals surface area contributed by atoms with E-state index in [9.17, 15) is 34.5 Å². The minimum absolute atomic E-state index is 0.0428. The Morgan fingerprint density at radius 1 is 0.430 bits per heavy atom. The zero-order chi connectivity index (χ0) is 57.5. The third kappa shape index (κ3) is 44.0. The first kappa shape index (κ1) is 72.7. The molecule has 0 spiro atoms. The smallest absolute Gasteiger partial charge is 0.335 e. The zero-order valence-electron chi connectivity index (χ0n) is 49.6. The van der Waals surface area contributed by atoms with Crippen LogP contribution in [0.1, 0.15) is 252 Å². The SMILES string of the molecule is CC/C=C\C/C=C\C/C=C\CCCCCCCCCC(=O)OCC(COC1OC(C(=O)O)C(O)C(O)C1OC(=O)CCCCCCCCC/C=C\C/C=C\C/C=C\CC)OC(=O)CCCCCCC/C=C\C/C=C\CCCCC. The number of carbonyl (C=O) groups is 4. The Labute approximate surface area is 479 Å². The number of carboxylic acids is 1. The van der Waals surface area contributed by atoms with Gasteiger partial charge in [-0.1, -0.05) is 214 Å². The molecule has 0 aromatic rings. The summed E-state index contributed by atoms with van der Waals surface area (Å²) >= 11 is 0. The van der Waals surface area contributed by atoms with Crippen molar-refractivity contribution in [1.29, 1.82) is 0 Å². The highest BCUT2D eigenvalue weighted by Crippen LogP contribution is 2.26. The summed E-state index contributed by atoms with van der Waals surface area (Å²) in [5.41, 5.74) is 0. The number of aliphatic carboxylic acids is 1. The molecule has 0 amide bonds. The lowest BCUT2D eigenvalue weighted by Crippen LogP contribution is -2.61. The van der Waals surface area contributed by atoms with E-state index in [1.165, 1.54) is 25.7 Å². The first-order chi connectivity index (χ1) is 38.6. The predicted molar refractivity (Wildman–Crippen MR) is 321 cm³/mol. The van der Waals surface area contributed by atoms with Crippen LogP contribution in [-0.4, -0.2) is 89.2 Å². The first-order valence-corrected chi connectivity index (χ1v) is 31.2.